The lowest BCUT2D eigenvalue weighted by atomic mass is 9.95. The van der Waals surface area contributed by atoms with Crippen LogP contribution in [0, 0.1) is 11.8 Å². The summed E-state index contributed by atoms with van der Waals surface area (Å²) < 4.78 is 5.05. The van der Waals surface area contributed by atoms with E-state index >= 15 is 0 Å². The third-order valence-electron chi connectivity index (χ3n) is 5.07. The van der Waals surface area contributed by atoms with E-state index in [0.717, 1.165) is 5.69 Å². The van der Waals surface area contributed by atoms with Crippen LogP contribution >= 0.6 is 11.6 Å². The van der Waals surface area contributed by atoms with E-state index in [4.69, 9.17) is 16.3 Å². The number of nitrogens with zero attached hydrogens (tertiary/aromatic N) is 2. The Labute approximate surface area is 158 Å². The first kappa shape index (κ1) is 18.7. The summed E-state index contributed by atoms with van der Waals surface area (Å²) in [6.07, 6.45) is 1.69. The van der Waals surface area contributed by atoms with Crippen molar-refractivity contribution in [1.29, 1.82) is 0 Å². The molecule has 0 saturated carbocycles. The Morgan fingerprint density at radius 3 is 2.38 bits per heavy atom. The van der Waals surface area contributed by atoms with Crippen molar-refractivity contribution in [3.8, 4) is 0 Å². The fourth-order valence-corrected chi connectivity index (χ4v) is 3.73. The molecule has 1 atom stereocenters. The summed E-state index contributed by atoms with van der Waals surface area (Å²) in [4.78, 5) is 40.7. The predicted octanol–water partition coefficient (Wildman–Crippen LogP) is 2.49. The number of hydrogen-bond donors (Lipinski definition) is 0. The summed E-state index contributed by atoms with van der Waals surface area (Å²) in [6, 6.07) is 7.05. The molecule has 2 aliphatic heterocycles. The van der Waals surface area contributed by atoms with Crippen LogP contribution in [0.15, 0.2) is 24.3 Å². The molecule has 1 aromatic rings. The van der Waals surface area contributed by atoms with Crippen molar-refractivity contribution in [3.63, 3.8) is 0 Å². The zero-order valence-corrected chi connectivity index (χ0v) is 15.6. The number of benzene rings is 1. The lowest BCUT2D eigenvalue weighted by Gasteiger charge is -2.32. The average molecular weight is 379 g/mol. The van der Waals surface area contributed by atoms with Gasteiger partial charge >= 0.3 is 5.97 Å². The summed E-state index contributed by atoms with van der Waals surface area (Å²) in [7, 11) is 0. The van der Waals surface area contributed by atoms with Gasteiger partial charge < -0.3 is 14.5 Å². The van der Waals surface area contributed by atoms with Gasteiger partial charge in [0.1, 0.15) is 5.92 Å². The van der Waals surface area contributed by atoms with Gasteiger partial charge in [0, 0.05) is 30.3 Å². The van der Waals surface area contributed by atoms with Crippen molar-refractivity contribution >= 4 is 35.1 Å². The van der Waals surface area contributed by atoms with E-state index in [1.165, 1.54) is 0 Å². The highest BCUT2D eigenvalue weighted by atomic mass is 35.5. The van der Waals surface area contributed by atoms with Crippen LogP contribution in [0.4, 0.5) is 5.69 Å². The first-order valence-corrected chi connectivity index (χ1v) is 9.41. The molecule has 0 bridgehead atoms. The van der Waals surface area contributed by atoms with E-state index in [-0.39, 0.29) is 23.7 Å². The van der Waals surface area contributed by atoms with Crippen molar-refractivity contribution in [1.82, 2.24) is 4.90 Å². The van der Waals surface area contributed by atoms with Gasteiger partial charge in [0.2, 0.25) is 11.8 Å². The predicted molar refractivity (Wildman–Crippen MR) is 97.8 cm³/mol. The molecule has 2 aliphatic rings. The van der Waals surface area contributed by atoms with Crippen LogP contribution in [0.2, 0.25) is 5.02 Å². The summed E-state index contributed by atoms with van der Waals surface area (Å²) in [5, 5.41) is 0.609. The van der Waals surface area contributed by atoms with E-state index in [2.05, 4.69) is 0 Å². The van der Waals surface area contributed by atoms with Crippen LogP contribution in [0.3, 0.4) is 0 Å². The minimum Gasteiger partial charge on any atom is -0.466 e. The maximum Gasteiger partial charge on any atom is 0.309 e. The molecular formula is C19H23ClN2O4. The summed E-state index contributed by atoms with van der Waals surface area (Å²) in [5.74, 6) is -1.27. The summed E-state index contributed by atoms with van der Waals surface area (Å²) in [6.45, 7) is 3.67. The number of halogens is 1. The fraction of sp³-hybridized carbons (Fsp3) is 0.526. The molecular weight excluding hydrogens is 356 g/mol. The monoisotopic (exact) mass is 378 g/mol. The van der Waals surface area contributed by atoms with Gasteiger partial charge in [-0.2, -0.15) is 0 Å². The summed E-state index contributed by atoms with van der Waals surface area (Å²) >= 11 is 5.89. The van der Waals surface area contributed by atoms with Gasteiger partial charge in [-0.3, -0.25) is 14.4 Å². The van der Waals surface area contributed by atoms with Gasteiger partial charge in [0.15, 0.2) is 0 Å². The van der Waals surface area contributed by atoms with Gasteiger partial charge in [-0.25, -0.2) is 0 Å². The molecule has 0 aliphatic carbocycles. The fourth-order valence-electron chi connectivity index (χ4n) is 3.60. The topological polar surface area (TPSA) is 66.9 Å². The molecule has 0 aromatic heterocycles. The van der Waals surface area contributed by atoms with E-state index in [1.54, 1.807) is 41.0 Å². The zero-order chi connectivity index (χ0) is 18.7. The van der Waals surface area contributed by atoms with E-state index in [0.29, 0.717) is 50.5 Å². The van der Waals surface area contributed by atoms with Crippen molar-refractivity contribution < 1.29 is 19.1 Å². The highest BCUT2D eigenvalue weighted by Gasteiger charge is 2.41. The second kappa shape index (κ2) is 8.08. The quantitative estimate of drug-likeness (QED) is 0.596. The number of ether oxygens (including phenoxy) is 1. The largest absolute Gasteiger partial charge is 0.466 e. The Bertz CT molecular complexity index is 683. The maximum atomic E-state index is 12.8. The third kappa shape index (κ3) is 3.85. The van der Waals surface area contributed by atoms with Crippen LogP contribution in [0.1, 0.15) is 26.2 Å². The lowest BCUT2D eigenvalue weighted by molar-refractivity contribution is -0.152. The number of carbonyl (C=O) groups excluding carboxylic acids is 3. The number of carbonyl (C=O) groups is 3. The molecule has 2 saturated heterocycles. The molecule has 1 aromatic carbocycles. The first-order valence-electron chi connectivity index (χ1n) is 9.03. The van der Waals surface area contributed by atoms with Gasteiger partial charge in [0.05, 0.1) is 12.5 Å². The maximum absolute atomic E-state index is 12.8. The molecule has 2 heterocycles. The number of hydrogen-bond acceptors (Lipinski definition) is 4. The normalized spacial score (nSPS) is 21.2. The van der Waals surface area contributed by atoms with Crippen molar-refractivity contribution in [3.05, 3.63) is 29.3 Å². The number of rotatable bonds is 4. The lowest BCUT2D eigenvalue weighted by Crippen LogP contribution is -2.45. The van der Waals surface area contributed by atoms with Gasteiger partial charge in [-0.05, 0) is 50.5 Å². The number of likely N-dealkylation sites (tertiary alicyclic amines) is 1. The minimum absolute atomic E-state index is 0.131. The smallest absolute Gasteiger partial charge is 0.309 e. The van der Waals surface area contributed by atoms with Gasteiger partial charge in [-0.1, -0.05) is 11.6 Å². The number of anilines is 1. The second-order valence-electron chi connectivity index (χ2n) is 6.66. The first-order chi connectivity index (χ1) is 12.5. The molecule has 6 nitrogen and oxygen atoms in total. The average Bonchev–Trinajstić information content (AvgIpc) is 3.03. The van der Waals surface area contributed by atoms with Crippen molar-refractivity contribution in [2.45, 2.75) is 26.2 Å². The van der Waals surface area contributed by atoms with Crippen molar-refractivity contribution in [2.75, 3.05) is 31.1 Å². The van der Waals surface area contributed by atoms with Crippen molar-refractivity contribution in [2.24, 2.45) is 11.8 Å². The molecule has 2 amide bonds. The van der Waals surface area contributed by atoms with Gasteiger partial charge in [0.25, 0.3) is 0 Å². The van der Waals surface area contributed by atoms with Crippen LogP contribution < -0.4 is 4.90 Å². The number of amides is 2. The molecule has 3 rings (SSSR count). The Morgan fingerprint density at radius 1 is 1.12 bits per heavy atom. The molecule has 140 valence electrons. The Hall–Kier alpha value is -2.08. The molecule has 0 N–H and O–H groups in total. The highest BCUT2D eigenvalue weighted by molar-refractivity contribution is 6.30. The SMILES string of the molecule is CCOC(=O)C1CCN(C(=O)C2CCN(c3ccc(Cl)cc3)C2=O)CC1. The zero-order valence-electron chi connectivity index (χ0n) is 14.8. The number of piperidine rings is 1. The number of esters is 1. The third-order valence-corrected chi connectivity index (χ3v) is 5.32. The van der Waals surface area contributed by atoms with E-state index in [1.807, 2.05) is 0 Å². The van der Waals surface area contributed by atoms with Crippen LogP contribution in [-0.2, 0) is 19.1 Å². The highest BCUT2D eigenvalue weighted by Crippen LogP contribution is 2.29. The molecule has 0 radical (unpaired) electrons. The molecule has 0 spiro atoms. The molecule has 26 heavy (non-hydrogen) atoms. The molecule has 1 unspecified atom stereocenters. The second-order valence-corrected chi connectivity index (χ2v) is 7.10. The van der Waals surface area contributed by atoms with E-state index < -0.39 is 5.92 Å². The standard InChI is InChI=1S/C19H23ClN2O4/c1-2-26-19(25)13-7-10-21(11-8-13)17(23)16-9-12-22(18(16)24)15-5-3-14(20)4-6-15/h3-6,13,16H,2,7-12H2,1H3. The molecule has 7 heteroatoms. The molecule has 2 fully saturated rings. The van der Waals surface area contributed by atoms with Crippen LogP contribution in [0.5, 0.6) is 0 Å². The Morgan fingerprint density at radius 2 is 1.77 bits per heavy atom. The Kier molecular flexibility index (Phi) is 5.81. The van der Waals surface area contributed by atoms with E-state index in [9.17, 15) is 14.4 Å². The van der Waals surface area contributed by atoms with Crippen LogP contribution in [0.25, 0.3) is 0 Å². The Balaban J connectivity index is 1.58. The minimum atomic E-state index is -0.634. The summed E-state index contributed by atoms with van der Waals surface area (Å²) in [5.41, 5.74) is 0.760. The van der Waals surface area contributed by atoms with Gasteiger partial charge in [-0.15, -0.1) is 0 Å². The van der Waals surface area contributed by atoms with Crippen LogP contribution in [-0.4, -0.2) is 48.9 Å².